The Bertz CT molecular complexity index is 210. The number of Topliss-reactive ketones (excluding diaryl/α,β-unsaturated/α-hetero) is 4. The van der Waals surface area contributed by atoms with E-state index in [-0.39, 0.29) is 93.9 Å². The molecular weight excluding hydrogens is 251 g/mol. The van der Waals surface area contributed by atoms with Crippen LogP contribution in [0.4, 0.5) is 0 Å². The maximum Gasteiger partial charge on any atom is 2.00 e. The molecule has 16 heavy (non-hydrogen) atoms. The standard InChI is InChI=1S/2C5H8O2.Al.Ca.5H/c2*1-4(6)3-5(2)7;;;;;;;/h2*3H2,1-2H3;;;;;;;/q;;;+2;;;;2*-1. The maximum atomic E-state index is 10.0. The molecule has 0 rings (SSSR count). The maximum absolute atomic E-state index is 10.0. The van der Waals surface area contributed by atoms with Crippen molar-refractivity contribution in [1.82, 2.24) is 0 Å². The Morgan fingerprint density at radius 1 is 0.688 bits per heavy atom. The van der Waals surface area contributed by atoms with E-state index < -0.39 is 0 Å². The first-order valence-electron chi connectivity index (χ1n) is 4.23. The third-order valence-electron chi connectivity index (χ3n) is 0.996. The first kappa shape index (κ1) is 25.3. The summed E-state index contributed by atoms with van der Waals surface area (Å²) < 4.78 is 0. The van der Waals surface area contributed by atoms with Crippen LogP contribution in [0.15, 0.2) is 0 Å². The Morgan fingerprint density at radius 2 is 0.812 bits per heavy atom. The average Bonchev–Trinajstić information content (AvgIpc) is 1.79. The van der Waals surface area contributed by atoms with E-state index >= 15 is 0 Å². The molecule has 0 fully saturated rings. The zero-order valence-corrected chi connectivity index (χ0v) is 12.0. The Morgan fingerprint density at radius 3 is 0.812 bits per heavy atom. The van der Waals surface area contributed by atoms with Crippen LogP contribution >= 0.6 is 0 Å². The van der Waals surface area contributed by atoms with Crippen molar-refractivity contribution in [2.24, 2.45) is 0 Å². The molecule has 0 amide bonds. The monoisotopic (exact) mass is 272 g/mol. The molecule has 0 radical (unpaired) electrons. The predicted molar refractivity (Wildman–Crippen MR) is 69.9 cm³/mol. The topological polar surface area (TPSA) is 68.3 Å². The zero-order chi connectivity index (χ0) is 11.7. The second-order valence-corrected chi connectivity index (χ2v) is 3.16. The van der Waals surface area contributed by atoms with Crippen molar-refractivity contribution in [3.8, 4) is 0 Å². The molecule has 90 valence electrons. The molecule has 4 nitrogen and oxygen atoms in total. The van der Waals surface area contributed by atoms with Crippen molar-refractivity contribution in [2.75, 3.05) is 0 Å². The van der Waals surface area contributed by atoms with E-state index in [1.807, 2.05) is 0 Å². The van der Waals surface area contributed by atoms with Gasteiger partial charge in [0.2, 0.25) is 0 Å². The van der Waals surface area contributed by atoms with E-state index in [4.69, 9.17) is 0 Å². The number of carbonyl (C=O) groups excluding carboxylic acids is 4. The number of carbonyl (C=O) groups is 4. The smallest absolute Gasteiger partial charge is 1.00 e. The molecule has 0 heterocycles. The molecule has 0 N–H and O–H groups in total. The van der Waals surface area contributed by atoms with Crippen molar-refractivity contribution in [2.45, 2.75) is 40.5 Å². The number of rotatable bonds is 4. The van der Waals surface area contributed by atoms with Crippen LogP contribution in [0, 0.1) is 0 Å². The first-order chi connectivity index (χ1) is 6.25. The molecule has 0 atom stereocenters. The second kappa shape index (κ2) is 15.5. The largest absolute Gasteiger partial charge is 2.00 e. The van der Waals surface area contributed by atoms with E-state index in [0.717, 1.165) is 0 Å². The predicted octanol–water partition coefficient (Wildman–Crippen LogP) is -0.231. The molecule has 0 aromatic rings. The van der Waals surface area contributed by atoms with Gasteiger partial charge in [0.05, 0.1) is 12.8 Å². The van der Waals surface area contributed by atoms with Crippen molar-refractivity contribution in [3.05, 3.63) is 0 Å². The Hall–Kier alpha value is 0.472. The van der Waals surface area contributed by atoms with Gasteiger partial charge < -0.3 is 2.85 Å². The van der Waals surface area contributed by atoms with Crippen molar-refractivity contribution < 1.29 is 22.0 Å². The van der Waals surface area contributed by atoms with E-state index in [2.05, 4.69) is 0 Å². The molecule has 0 aliphatic carbocycles. The minimum absolute atomic E-state index is 0. The third kappa shape index (κ3) is 36.6. The van der Waals surface area contributed by atoms with Gasteiger partial charge in [-0.15, -0.1) is 0 Å². The summed E-state index contributed by atoms with van der Waals surface area (Å²) in [4.78, 5) is 40.1. The van der Waals surface area contributed by atoms with Crippen LogP contribution in [0.1, 0.15) is 43.4 Å². The van der Waals surface area contributed by atoms with Crippen molar-refractivity contribution >= 4 is 78.2 Å². The van der Waals surface area contributed by atoms with Crippen LogP contribution in [0.5, 0.6) is 0 Å². The van der Waals surface area contributed by atoms with Crippen LogP contribution in [-0.4, -0.2) is 78.2 Å². The number of hydrogen-bond donors (Lipinski definition) is 0. The van der Waals surface area contributed by atoms with Gasteiger partial charge in [0.1, 0.15) is 23.1 Å². The fourth-order valence-corrected chi connectivity index (χ4v) is 0.701. The molecular formula is C10H21AlCaO4. The second-order valence-electron chi connectivity index (χ2n) is 3.16. The van der Waals surface area contributed by atoms with E-state index in [1.165, 1.54) is 27.7 Å². The fourth-order valence-electron chi connectivity index (χ4n) is 0.701. The molecule has 0 saturated heterocycles. The molecule has 0 unspecified atom stereocenters. The van der Waals surface area contributed by atoms with Gasteiger partial charge in [-0.25, -0.2) is 0 Å². The van der Waals surface area contributed by atoms with Gasteiger partial charge in [0, 0.05) is 0 Å². The van der Waals surface area contributed by atoms with E-state index in [0.29, 0.717) is 0 Å². The first-order valence-corrected chi connectivity index (χ1v) is 4.23. The average molecular weight is 272 g/mol. The normalized spacial score (nSPS) is 7.25. The molecule has 0 aromatic heterocycles. The van der Waals surface area contributed by atoms with Crippen LogP contribution < -0.4 is 0 Å². The summed E-state index contributed by atoms with van der Waals surface area (Å²) in [6.45, 7) is 5.62. The van der Waals surface area contributed by atoms with Crippen LogP contribution in [-0.2, 0) is 19.2 Å². The Labute approximate surface area is 140 Å². The SMILES string of the molecule is CC(=O)CC(C)=O.CC(=O)CC(C)=O.[AlH3].[Ca+2].[H-].[H-]. The van der Waals surface area contributed by atoms with Crippen LogP contribution in [0.2, 0.25) is 0 Å². The van der Waals surface area contributed by atoms with Gasteiger partial charge in [0.25, 0.3) is 0 Å². The molecule has 0 aromatic carbocycles. The molecule has 6 heteroatoms. The summed E-state index contributed by atoms with van der Waals surface area (Å²) in [5.41, 5.74) is 0. The van der Waals surface area contributed by atoms with Crippen LogP contribution in [0.3, 0.4) is 0 Å². The Kier molecular flexibility index (Phi) is 24.5. The van der Waals surface area contributed by atoms with Gasteiger partial charge in [-0.1, -0.05) is 0 Å². The van der Waals surface area contributed by atoms with Gasteiger partial charge in [-0.05, 0) is 27.7 Å². The van der Waals surface area contributed by atoms with E-state index in [9.17, 15) is 19.2 Å². The summed E-state index contributed by atoms with van der Waals surface area (Å²) in [7, 11) is 0. The third-order valence-corrected chi connectivity index (χ3v) is 0.996. The molecule has 0 aliphatic rings. The molecule has 0 spiro atoms. The summed E-state index contributed by atoms with van der Waals surface area (Å²) in [5, 5.41) is 0. The van der Waals surface area contributed by atoms with Crippen molar-refractivity contribution in [1.29, 1.82) is 0 Å². The molecule has 0 saturated carbocycles. The zero-order valence-electron chi connectivity index (χ0n) is 11.8. The van der Waals surface area contributed by atoms with Crippen LogP contribution in [0.25, 0.3) is 0 Å². The van der Waals surface area contributed by atoms with Gasteiger partial charge in [-0.3, -0.25) is 19.2 Å². The number of ketones is 4. The summed E-state index contributed by atoms with van der Waals surface area (Å²) in [5.74, 6) is -0.250. The minimum Gasteiger partial charge on any atom is -1.00 e. The summed E-state index contributed by atoms with van der Waals surface area (Å²) in [6.07, 6.45) is 0.167. The van der Waals surface area contributed by atoms with Gasteiger partial charge in [-0.2, -0.15) is 0 Å². The quantitative estimate of drug-likeness (QED) is 0.523. The molecule has 0 bridgehead atoms. The van der Waals surface area contributed by atoms with E-state index in [1.54, 1.807) is 0 Å². The fraction of sp³-hybridized carbons (Fsp3) is 0.600. The minimum atomic E-state index is -0.0625. The Balaban J connectivity index is -0.0000000327. The van der Waals surface area contributed by atoms with Crippen molar-refractivity contribution in [3.63, 3.8) is 0 Å². The number of hydrogen-bond acceptors (Lipinski definition) is 4. The summed E-state index contributed by atoms with van der Waals surface area (Å²) in [6, 6.07) is 0. The summed E-state index contributed by atoms with van der Waals surface area (Å²) >= 11 is 0. The van der Waals surface area contributed by atoms with Gasteiger partial charge >= 0.3 is 37.7 Å². The van der Waals surface area contributed by atoms with Gasteiger partial charge in [0.15, 0.2) is 17.4 Å². The molecule has 0 aliphatic heterocycles.